The molecule has 0 unspecified atom stereocenters. The van der Waals surface area contributed by atoms with Crippen molar-refractivity contribution < 1.29 is 4.74 Å². The zero-order valence-electron chi connectivity index (χ0n) is 12.2. The van der Waals surface area contributed by atoms with Gasteiger partial charge in [-0.3, -0.25) is 0 Å². The number of rotatable bonds is 5. The lowest BCUT2D eigenvalue weighted by Gasteiger charge is -2.13. The lowest BCUT2D eigenvalue weighted by Crippen LogP contribution is -2.12. The van der Waals surface area contributed by atoms with E-state index in [9.17, 15) is 0 Å². The van der Waals surface area contributed by atoms with Gasteiger partial charge in [-0.25, -0.2) is 0 Å². The molecule has 0 fully saturated rings. The SMILES string of the molecule is CCNCc1ccc(Cl)cc1Oc1ccc(C)c(C)c1. The fourth-order valence-corrected chi connectivity index (χ4v) is 2.10. The van der Waals surface area contributed by atoms with Gasteiger partial charge in [0.1, 0.15) is 11.5 Å². The third-order valence-electron chi connectivity index (χ3n) is 3.30. The number of hydrogen-bond donors (Lipinski definition) is 1. The van der Waals surface area contributed by atoms with Gasteiger partial charge in [0, 0.05) is 17.1 Å². The second-order valence-corrected chi connectivity index (χ2v) is 5.32. The molecule has 1 N–H and O–H groups in total. The molecule has 0 aliphatic rings. The maximum atomic E-state index is 6.07. The van der Waals surface area contributed by atoms with E-state index in [4.69, 9.17) is 16.3 Å². The van der Waals surface area contributed by atoms with Crippen LogP contribution in [0.1, 0.15) is 23.6 Å². The molecule has 3 heteroatoms. The molecule has 2 aromatic carbocycles. The van der Waals surface area contributed by atoms with E-state index in [-0.39, 0.29) is 0 Å². The van der Waals surface area contributed by atoms with Gasteiger partial charge in [0.05, 0.1) is 0 Å². The summed E-state index contributed by atoms with van der Waals surface area (Å²) in [6, 6.07) is 11.9. The van der Waals surface area contributed by atoms with E-state index < -0.39 is 0 Å². The van der Waals surface area contributed by atoms with Crippen LogP contribution in [0.15, 0.2) is 36.4 Å². The average Bonchev–Trinajstić information content (AvgIpc) is 2.42. The molecule has 0 aliphatic heterocycles. The normalized spacial score (nSPS) is 10.6. The second kappa shape index (κ2) is 6.78. The summed E-state index contributed by atoms with van der Waals surface area (Å²) in [5.41, 5.74) is 3.59. The van der Waals surface area contributed by atoms with Crippen LogP contribution in [0.4, 0.5) is 0 Å². The summed E-state index contributed by atoms with van der Waals surface area (Å²) in [5, 5.41) is 3.99. The Morgan fingerprint density at radius 2 is 1.85 bits per heavy atom. The van der Waals surface area contributed by atoms with Gasteiger partial charge in [-0.05, 0) is 55.8 Å². The number of ether oxygens (including phenoxy) is 1. The largest absolute Gasteiger partial charge is 0.457 e. The molecule has 0 saturated heterocycles. The van der Waals surface area contributed by atoms with Crippen molar-refractivity contribution in [3.05, 3.63) is 58.1 Å². The van der Waals surface area contributed by atoms with Crippen LogP contribution in [0.25, 0.3) is 0 Å². The summed E-state index contributed by atoms with van der Waals surface area (Å²) in [5.74, 6) is 1.65. The van der Waals surface area contributed by atoms with Gasteiger partial charge in [-0.1, -0.05) is 30.7 Å². The number of halogens is 1. The predicted octanol–water partition coefficient (Wildman–Crippen LogP) is 4.86. The Bertz CT molecular complexity index is 596. The minimum absolute atomic E-state index is 0.684. The number of hydrogen-bond acceptors (Lipinski definition) is 2. The Labute approximate surface area is 125 Å². The molecule has 106 valence electrons. The molecule has 0 heterocycles. The van der Waals surface area contributed by atoms with Crippen LogP contribution >= 0.6 is 11.6 Å². The molecule has 0 spiro atoms. The summed E-state index contributed by atoms with van der Waals surface area (Å²) in [4.78, 5) is 0. The first-order chi connectivity index (χ1) is 9.60. The van der Waals surface area contributed by atoms with Crippen LogP contribution < -0.4 is 10.1 Å². The van der Waals surface area contributed by atoms with Crippen molar-refractivity contribution in [1.29, 1.82) is 0 Å². The van der Waals surface area contributed by atoms with E-state index >= 15 is 0 Å². The van der Waals surface area contributed by atoms with Crippen molar-refractivity contribution >= 4 is 11.6 Å². The lowest BCUT2D eigenvalue weighted by atomic mass is 10.1. The second-order valence-electron chi connectivity index (χ2n) is 4.88. The molecule has 2 aromatic rings. The minimum Gasteiger partial charge on any atom is -0.457 e. The van der Waals surface area contributed by atoms with Crippen LogP contribution in [0.2, 0.25) is 5.02 Å². The van der Waals surface area contributed by atoms with Crippen LogP contribution in [-0.2, 0) is 6.54 Å². The minimum atomic E-state index is 0.684. The van der Waals surface area contributed by atoms with Crippen molar-refractivity contribution in [2.45, 2.75) is 27.3 Å². The fourth-order valence-electron chi connectivity index (χ4n) is 1.93. The first-order valence-corrected chi connectivity index (χ1v) is 7.22. The maximum Gasteiger partial charge on any atom is 0.133 e. The van der Waals surface area contributed by atoms with Gasteiger partial charge in [0.2, 0.25) is 0 Å². The van der Waals surface area contributed by atoms with Crippen LogP contribution in [-0.4, -0.2) is 6.54 Å². The standard InChI is InChI=1S/C17H20ClNO/c1-4-19-11-14-6-7-15(18)10-17(14)20-16-8-5-12(2)13(3)9-16/h5-10,19H,4,11H2,1-3H3. The van der Waals surface area contributed by atoms with Gasteiger partial charge in [0.25, 0.3) is 0 Å². The Morgan fingerprint density at radius 3 is 2.55 bits per heavy atom. The van der Waals surface area contributed by atoms with Crippen molar-refractivity contribution in [3.8, 4) is 11.5 Å². The zero-order chi connectivity index (χ0) is 14.5. The van der Waals surface area contributed by atoms with Gasteiger partial charge in [0.15, 0.2) is 0 Å². The van der Waals surface area contributed by atoms with E-state index in [2.05, 4.69) is 32.2 Å². The topological polar surface area (TPSA) is 21.3 Å². The molecule has 0 bridgehead atoms. The highest BCUT2D eigenvalue weighted by atomic mass is 35.5. The van der Waals surface area contributed by atoms with Crippen molar-refractivity contribution in [3.63, 3.8) is 0 Å². The van der Waals surface area contributed by atoms with E-state index in [1.54, 1.807) is 0 Å². The maximum absolute atomic E-state index is 6.07. The summed E-state index contributed by atoms with van der Waals surface area (Å²) >= 11 is 6.07. The monoisotopic (exact) mass is 289 g/mol. The Hall–Kier alpha value is -1.51. The van der Waals surface area contributed by atoms with Crippen LogP contribution in [0.5, 0.6) is 11.5 Å². The predicted molar refractivity (Wildman–Crippen MR) is 84.8 cm³/mol. The molecule has 0 atom stereocenters. The summed E-state index contributed by atoms with van der Waals surface area (Å²) in [6.07, 6.45) is 0. The van der Waals surface area contributed by atoms with E-state index in [0.717, 1.165) is 30.2 Å². The molecule has 20 heavy (non-hydrogen) atoms. The molecular formula is C17H20ClNO. The molecule has 0 radical (unpaired) electrons. The first kappa shape index (κ1) is 14.9. The molecule has 0 amide bonds. The third-order valence-corrected chi connectivity index (χ3v) is 3.54. The molecule has 0 aromatic heterocycles. The number of benzene rings is 2. The molecule has 2 rings (SSSR count). The summed E-state index contributed by atoms with van der Waals surface area (Å²) < 4.78 is 6.00. The first-order valence-electron chi connectivity index (χ1n) is 6.84. The van der Waals surface area contributed by atoms with Gasteiger partial charge in [-0.15, -0.1) is 0 Å². The average molecular weight is 290 g/mol. The quantitative estimate of drug-likeness (QED) is 0.849. The van der Waals surface area contributed by atoms with Crippen LogP contribution in [0, 0.1) is 13.8 Å². The van der Waals surface area contributed by atoms with Crippen molar-refractivity contribution in [1.82, 2.24) is 5.32 Å². The summed E-state index contributed by atoms with van der Waals surface area (Å²) in [6.45, 7) is 7.95. The molecular weight excluding hydrogens is 270 g/mol. The highest BCUT2D eigenvalue weighted by molar-refractivity contribution is 6.30. The van der Waals surface area contributed by atoms with Crippen LogP contribution in [0.3, 0.4) is 0 Å². The Kier molecular flexibility index (Phi) is 5.05. The van der Waals surface area contributed by atoms with E-state index in [1.807, 2.05) is 30.3 Å². The van der Waals surface area contributed by atoms with E-state index in [0.29, 0.717) is 5.02 Å². The van der Waals surface area contributed by atoms with Crippen molar-refractivity contribution in [2.24, 2.45) is 0 Å². The lowest BCUT2D eigenvalue weighted by molar-refractivity contribution is 0.473. The highest BCUT2D eigenvalue weighted by Crippen LogP contribution is 2.29. The molecule has 2 nitrogen and oxygen atoms in total. The number of aryl methyl sites for hydroxylation is 2. The molecule has 0 saturated carbocycles. The fraction of sp³-hybridized carbons (Fsp3) is 0.294. The Morgan fingerprint density at radius 1 is 1.05 bits per heavy atom. The van der Waals surface area contributed by atoms with Gasteiger partial charge in [-0.2, -0.15) is 0 Å². The smallest absolute Gasteiger partial charge is 0.133 e. The third kappa shape index (κ3) is 3.75. The molecule has 0 aliphatic carbocycles. The zero-order valence-corrected chi connectivity index (χ0v) is 12.9. The van der Waals surface area contributed by atoms with Gasteiger partial charge >= 0.3 is 0 Å². The highest BCUT2D eigenvalue weighted by Gasteiger charge is 2.06. The number of nitrogens with one attached hydrogen (secondary N) is 1. The summed E-state index contributed by atoms with van der Waals surface area (Å²) in [7, 11) is 0. The van der Waals surface area contributed by atoms with E-state index in [1.165, 1.54) is 11.1 Å². The Balaban J connectivity index is 2.26. The van der Waals surface area contributed by atoms with Gasteiger partial charge < -0.3 is 10.1 Å². The van der Waals surface area contributed by atoms with Crippen molar-refractivity contribution in [2.75, 3.05) is 6.54 Å².